The van der Waals surface area contributed by atoms with Gasteiger partial charge in [0.2, 0.25) is 41.4 Å². The monoisotopic (exact) mass is 885 g/mol. The second-order valence-corrected chi connectivity index (χ2v) is 15.2. The van der Waals surface area contributed by atoms with Crippen molar-refractivity contribution in [1.82, 2.24) is 37.2 Å². The molecular weight excluding hydrogens is 830 g/mol. The van der Waals surface area contributed by atoms with Gasteiger partial charge >= 0.3 is 17.9 Å². The van der Waals surface area contributed by atoms with Gasteiger partial charge in [0.05, 0.1) is 18.9 Å². The predicted octanol–water partition coefficient (Wildman–Crippen LogP) is -1.93. The van der Waals surface area contributed by atoms with Gasteiger partial charge in [-0.2, -0.15) is 0 Å². The maximum absolute atomic E-state index is 13.6. The average Bonchev–Trinajstić information content (AvgIpc) is 3.18. The largest absolute Gasteiger partial charge is 0.508 e. The molecule has 0 saturated carbocycles. The molecule has 22 nitrogen and oxygen atoms in total. The van der Waals surface area contributed by atoms with Crippen molar-refractivity contribution in [3.63, 3.8) is 0 Å². The van der Waals surface area contributed by atoms with E-state index in [1.54, 1.807) is 44.2 Å². The molecule has 0 unspecified atom stereocenters. The highest BCUT2D eigenvalue weighted by Gasteiger charge is 2.35. The Morgan fingerprint density at radius 3 is 1.44 bits per heavy atom. The van der Waals surface area contributed by atoms with E-state index in [-0.39, 0.29) is 30.9 Å². The molecule has 12 N–H and O–H groups in total. The van der Waals surface area contributed by atoms with Crippen molar-refractivity contribution in [2.45, 2.75) is 115 Å². The van der Waals surface area contributed by atoms with Gasteiger partial charge < -0.3 is 62.8 Å². The Morgan fingerprint density at radius 2 is 0.952 bits per heavy atom. The van der Waals surface area contributed by atoms with Crippen LogP contribution in [-0.4, -0.2) is 133 Å². The number of nitrogens with one attached hydrogen (secondary N) is 7. The van der Waals surface area contributed by atoms with Gasteiger partial charge in [-0.05, 0) is 49.4 Å². The Bertz CT molecular complexity index is 1960. The molecule has 0 spiro atoms. The number of carbonyl (C=O) groups is 10. The van der Waals surface area contributed by atoms with E-state index in [1.807, 2.05) is 0 Å². The zero-order valence-corrected chi connectivity index (χ0v) is 35.2. The number of hydrogen-bond donors (Lipinski definition) is 12. The van der Waals surface area contributed by atoms with Crippen LogP contribution in [0.15, 0.2) is 54.6 Å². The lowest BCUT2D eigenvalue weighted by atomic mass is 10.0. The van der Waals surface area contributed by atoms with Crippen LogP contribution in [0.4, 0.5) is 0 Å². The number of aromatic hydroxyl groups is 1. The van der Waals surface area contributed by atoms with Gasteiger partial charge in [-0.15, -0.1) is 0 Å². The lowest BCUT2D eigenvalue weighted by molar-refractivity contribution is -0.143. The third-order valence-corrected chi connectivity index (χ3v) is 9.15. The molecule has 0 radical (unpaired) electrons. The van der Waals surface area contributed by atoms with Crippen molar-refractivity contribution >= 4 is 59.3 Å². The quantitative estimate of drug-likeness (QED) is 0.0517. The SMILES string of the molecule is CC(=O)N[C@@H](Cc1ccccc1)C(=O)N[C@H](C(=O)N[C@@H](CC(C)C)C(=O)N[C@@H](CC(=O)O)C(=O)N[C@@H](C)C(=O)N[C@@H](CC(=O)O)C(=O)N[C@@H](Cc1ccc(O)cc1)C(=O)O)[C@@H](C)O. The number of carboxylic acids is 3. The van der Waals surface area contributed by atoms with Gasteiger partial charge in [0, 0.05) is 19.8 Å². The average molecular weight is 886 g/mol. The molecule has 0 aliphatic rings. The number of phenols is 1. The molecule has 344 valence electrons. The highest BCUT2D eigenvalue weighted by molar-refractivity contribution is 5.98. The molecule has 0 bridgehead atoms. The molecule has 8 atom stereocenters. The van der Waals surface area contributed by atoms with E-state index in [0.29, 0.717) is 11.1 Å². The summed E-state index contributed by atoms with van der Waals surface area (Å²) in [5.74, 6) is -12.1. The summed E-state index contributed by atoms with van der Waals surface area (Å²) in [5.41, 5.74) is 1.06. The van der Waals surface area contributed by atoms with Gasteiger partial charge in [-0.1, -0.05) is 56.3 Å². The van der Waals surface area contributed by atoms with Crippen LogP contribution in [0.1, 0.15) is 65.0 Å². The minimum absolute atomic E-state index is 0.0283. The first-order valence-corrected chi connectivity index (χ1v) is 19.7. The summed E-state index contributed by atoms with van der Waals surface area (Å²) in [6.45, 7) is 6.84. The Labute approximate surface area is 362 Å². The number of phenolic OH excluding ortho intramolecular Hbond substituents is 1. The fourth-order valence-corrected chi connectivity index (χ4v) is 5.98. The predicted molar refractivity (Wildman–Crippen MR) is 220 cm³/mol. The molecule has 0 aliphatic carbocycles. The molecule has 22 heteroatoms. The lowest BCUT2D eigenvalue weighted by Crippen LogP contribution is -2.61. The minimum Gasteiger partial charge on any atom is -0.508 e. The van der Waals surface area contributed by atoms with Gasteiger partial charge in [0.15, 0.2) is 0 Å². The molecule has 0 aromatic heterocycles. The molecule has 2 rings (SSSR count). The van der Waals surface area contributed by atoms with Gasteiger partial charge in [0.25, 0.3) is 0 Å². The summed E-state index contributed by atoms with van der Waals surface area (Å²) in [7, 11) is 0. The van der Waals surface area contributed by atoms with E-state index in [9.17, 15) is 73.5 Å². The van der Waals surface area contributed by atoms with Crippen LogP contribution in [0.25, 0.3) is 0 Å². The Kier molecular flexibility index (Phi) is 20.6. The van der Waals surface area contributed by atoms with E-state index in [1.165, 1.54) is 38.1 Å². The summed E-state index contributed by atoms with van der Waals surface area (Å²) >= 11 is 0. The number of carbonyl (C=O) groups excluding carboxylic acids is 7. The topological polar surface area (TPSA) is 356 Å². The first-order valence-electron chi connectivity index (χ1n) is 19.7. The molecule has 7 amide bonds. The number of rotatable bonds is 25. The number of carboxylic acid groups (broad SMARTS) is 3. The van der Waals surface area contributed by atoms with Crippen LogP contribution >= 0.6 is 0 Å². The zero-order chi connectivity index (χ0) is 47.6. The maximum atomic E-state index is 13.6. The lowest BCUT2D eigenvalue weighted by Gasteiger charge is -2.28. The highest BCUT2D eigenvalue weighted by atomic mass is 16.4. The van der Waals surface area contributed by atoms with Crippen LogP contribution in [0, 0.1) is 5.92 Å². The maximum Gasteiger partial charge on any atom is 0.326 e. The van der Waals surface area contributed by atoms with Crippen LogP contribution in [-0.2, 0) is 60.8 Å². The molecule has 63 heavy (non-hydrogen) atoms. The second kappa shape index (κ2) is 25.0. The number of amides is 7. The van der Waals surface area contributed by atoms with Crippen molar-refractivity contribution in [3.05, 3.63) is 65.7 Å². The molecule has 2 aromatic carbocycles. The standard InChI is InChI=1S/C41H55N7O15/c1-20(2)15-27(46-40(61)34(22(4)49)48-39(60)28(43-23(5)50)16-24-9-7-6-8-10-24)37(58)45-29(18-32(52)53)36(57)42-21(3)35(56)44-30(19-33(54)55)38(59)47-31(41(62)63)17-25-11-13-26(51)14-12-25/h6-14,20-22,27-31,34,49,51H,15-19H2,1-5H3,(H,42,57)(H,43,50)(H,44,56)(H,45,58)(H,46,61)(H,47,59)(H,48,60)(H,52,53)(H,54,55)(H,62,63)/t21-,22+,27-,28-,29-,30-,31-,34-/m0/s1. The van der Waals surface area contributed by atoms with Crippen LogP contribution in [0.3, 0.4) is 0 Å². The molecule has 2 aromatic rings. The van der Waals surface area contributed by atoms with E-state index in [0.717, 1.165) is 6.92 Å². The summed E-state index contributed by atoms with van der Waals surface area (Å²) in [5, 5.41) is 64.7. The van der Waals surface area contributed by atoms with Crippen LogP contribution in [0.2, 0.25) is 0 Å². The first-order chi connectivity index (χ1) is 29.5. The summed E-state index contributed by atoms with van der Waals surface area (Å²) < 4.78 is 0. The summed E-state index contributed by atoms with van der Waals surface area (Å²) in [6, 6.07) is 2.74. The Morgan fingerprint density at radius 1 is 0.508 bits per heavy atom. The van der Waals surface area contributed by atoms with Gasteiger partial charge in [0.1, 0.15) is 48.0 Å². The van der Waals surface area contributed by atoms with Crippen molar-refractivity contribution in [2.24, 2.45) is 5.92 Å². The van der Waals surface area contributed by atoms with Crippen LogP contribution in [0.5, 0.6) is 5.75 Å². The molecule has 0 fully saturated rings. The van der Waals surface area contributed by atoms with E-state index in [4.69, 9.17) is 0 Å². The van der Waals surface area contributed by atoms with Crippen molar-refractivity contribution in [2.75, 3.05) is 0 Å². The number of aliphatic hydroxyl groups excluding tert-OH is 1. The van der Waals surface area contributed by atoms with Gasteiger partial charge in [-0.25, -0.2) is 4.79 Å². The fraction of sp³-hybridized carbons (Fsp3) is 0.463. The molecule has 0 saturated heterocycles. The molecule has 0 aliphatic heterocycles. The molecule has 0 heterocycles. The number of hydrogen-bond acceptors (Lipinski definition) is 12. The molecular formula is C41H55N7O15. The van der Waals surface area contributed by atoms with Crippen molar-refractivity contribution in [1.29, 1.82) is 0 Å². The second-order valence-electron chi connectivity index (χ2n) is 15.2. The smallest absolute Gasteiger partial charge is 0.326 e. The summed E-state index contributed by atoms with van der Waals surface area (Å²) in [6.07, 6.45) is -3.93. The van der Waals surface area contributed by atoms with Gasteiger partial charge in [-0.3, -0.25) is 43.2 Å². The van der Waals surface area contributed by atoms with E-state index in [2.05, 4.69) is 37.2 Å². The normalized spacial score (nSPS) is 14.7. The zero-order valence-electron chi connectivity index (χ0n) is 35.2. The third kappa shape index (κ3) is 18.6. The fourth-order valence-electron chi connectivity index (χ4n) is 5.98. The minimum atomic E-state index is -1.88. The van der Waals surface area contributed by atoms with Crippen LogP contribution < -0.4 is 37.2 Å². The van der Waals surface area contributed by atoms with Crippen molar-refractivity contribution in [3.8, 4) is 5.75 Å². The third-order valence-electron chi connectivity index (χ3n) is 9.15. The number of benzene rings is 2. The summed E-state index contributed by atoms with van der Waals surface area (Å²) in [4.78, 5) is 127. The first kappa shape index (κ1) is 52.0. The van der Waals surface area contributed by atoms with Crippen molar-refractivity contribution < 1.29 is 73.5 Å². The van der Waals surface area contributed by atoms with E-state index < -0.39 is 120 Å². The Hall–Kier alpha value is -7.10. The Balaban J connectivity index is 2.21. The van der Waals surface area contributed by atoms with E-state index >= 15 is 0 Å². The number of aliphatic hydroxyl groups is 1. The number of aliphatic carboxylic acids is 3. The highest BCUT2D eigenvalue weighted by Crippen LogP contribution is 2.13.